The van der Waals surface area contributed by atoms with E-state index in [1.54, 1.807) is 18.2 Å². The van der Waals surface area contributed by atoms with Crippen molar-refractivity contribution < 1.29 is 9.53 Å². The summed E-state index contributed by atoms with van der Waals surface area (Å²) in [5, 5.41) is 9.08. The van der Waals surface area contributed by atoms with Gasteiger partial charge in [0.15, 0.2) is 5.78 Å². The van der Waals surface area contributed by atoms with Gasteiger partial charge in [0.2, 0.25) is 0 Å². The molecule has 0 aromatic heterocycles. The molecule has 4 rings (SSSR count). The Bertz CT molecular complexity index is 814. The number of hydrogen-bond donors (Lipinski definition) is 0. The number of hydrogen-bond acceptors (Lipinski definition) is 4. The molecule has 0 spiro atoms. The second-order valence-corrected chi connectivity index (χ2v) is 7.23. The van der Waals surface area contributed by atoms with Crippen LogP contribution in [0.15, 0.2) is 54.6 Å². The predicted molar refractivity (Wildman–Crippen MR) is 98.6 cm³/mol. The van der Waals surface area contributed by atoms with Crippen LogP contribution in [0, 0.1) is 17.2 Å². The fourth-order valence-electron chi connectivity index (χ4n) is 4.23. The van der Waals surface area contributed by atoms with Gasteiger partial charge in [0.05, 0.1) is 24.8 Å². The van der Waals surface area contributed by atoms with E-state index < -0.39 is 0 Å². The number of ether oxygens (including phenoxy) is 1. The van der Waals surface area contributed by atoms with Gasteiger partial charge in [0.1, 0.15) is 0 Å². The van der Waals surface area contributed by atoms with E-state index in [2.05, 4.69) is 35.2 Å². The Balaban J connectivity index is 1.50. The highest BCUT2D eigenvalue weighted by atomic mass is 16.5. The number of piperidine rings is 1. The number of nitrogens with zero attached hydrogens (tertiary/aromatic N) is 2. The third-order valence-electron chi connectivity index (χ3n) is 5.53. The summed E-state index contributed by atoms with van der Waals surface area (Å²) in [4.78, 5) is 15.5. The van der Waals surface area contributed by atoms with Gasteiger partial charge in [-0.2, -0.15) is 5.26 Å². The summed E-state index contributed by atoms with van der Waals surface area (Å²) in [6.45, 7) is 2.28. The van der Waals surface area contributed by atoms with Crippen molar-refractivity contribution in [3.05, 3.63) is 71.3 Å². The Hall–Kier alpha value is -2.48. The standard InChI is InChI=1S/C22H22N2O2/c23-12-17-7-4-8-18(9-17)22(25)19-10-20-14-26-15-21(11-19)24(20)13-16-5-2-1-3-6-16/h1-9,19-21H,10-11,13-15H2. The summed E-state index contributed by atoms with van der Waals surface area (Å²) >= 11 is 0. The highest BCUT2D eigenvalue weighted by Gasteiger charge is 2.41. The first-order chi connectivity index (χ1) is 12.7. The molecule has 0 radical (unpaired) electrons. The van der Waals surface area contributed by atoms with Gasteiger partial charge in [-0.15, -0.1) is 0 Å². The summed E-state index contributed by atoms with van der Waals surface area (Å²) in [5.74, 6) is 0.174. The average molecular weight is 346 g/mol. The molecule has 4 nitrogen and oxygen atoms in total. The zero-order valence-electron chi connectivity index (χ0n) is 14.7. The number of ketones is 1. The van der Waals surface area contributed by atoms with Gasteiger partial charge in [-0.1, -0.05) is 42.5 Å². The van der Waals surface area contributed by atoms with Crippen LogP contribution in [-0.2, 0) is 11.3 Å². The van der Waals surface area contributed by atoms with Crippen molar-refractivity contribution >= 4 is 5.78 Å². The lowest BCUT2D eigenvalue weighted by Crippen LogP contribution is -2.57. The SMILES string of the molecule is N#Cc1cccc(C(=O)C2CC3COCC(C2)N3Cc2ccccc2)c1. The molecule has 0 N–H and O–H groups in total. The molecule has 2 bridgehead atoms. The number of rotatable bonds is 4. The van der Waals surface area contributed by atoms with Crippen LogP contribution in [0.1, 0.15) is 34.3 Å². The fraction of sp³-hybridized carbons (Fsp3) is 0.364. The Morgan fingerprint density at radius 3 is 2.50 bits per heavy atom. The molecule has 4 heteroatoms. The van der Waals surface area contributed by atoms with Gasteiger partial charge >= 0.3 is 0 Å². The lowest BCUT2D eigenvalue weighted by atomic mass is 9.80. The molecule has 2 atom stereocenters. The molecule has 0 aliphatic carbocycles. The third kappa shape index (κ3) is 3.41. The topological polar surface area (TPSA) is 53.3 Å². The number of Topliss-reactive ketones (excluding diaryl/α,β-unsaturated/α-hetero) is 1. The Morgan fingerprint density at radius 1 is 1.08 bits per heavy atom. The van der Waals surface area contributed by atoms with Crippen LogP contribution >= 0.6 is 0 Å². The summed E-state index contributed by atoms with van der Waals surface area (Å²) in [7, 11) is 0. The molecule has 26 heavy (non-hydrogen) atoms. The van der Waals surface area contributed by atoms with E-state index in [1.807, 2.05) is 12.1 Å². The maximum Gasteiger partial charge on any atom is 0.166 e. The van der Waals surface area contributed by atoms with Gasteiger partial charge in [-0.25, -0.2) is 0 Å². The first kappa shape index (κ1) is 17.0. The van der Waals surface area contributed by atoms with E-state index in [0.29, 0.717) is 24.3 Å². The van der Waals surface area contributed by atoms with Crippen LogP contribution in [0.4, 0.5) is 0 Å². The number of morpholine rings is 1. The Kier molecular flexibility index (Phi) is 4.83. The molecule has 2 aliphatic heterocycles. The molecule has 2 fully saturated rings. The Labute approximate surface area is 154 Å². The zero-order chi connectivity index (χ0) is 17.9. The van der Waals surface area contributed by atoms with E-state index in [9.17, 15) is 4.79 Å². The second-order valence-electron chi connectivity index (χ2n) is 7.23. The third-order valence-corrected chi connectivity index (χ3v) is 5.53. The molecular formula is C22H22N2O2. The van der Waals surface area contributed by atoms with Crippen molar-refractivity contribution in [2.24, 2.45) is 5.92 Å². The second kappa shape index (κ2) is 7.41. The summed E-state index contributed by atoms with van der Waals surface area (Å²) in [5.41, 5.74) is 2.50. The van der Waals surface area contributed by atoms with E-state index >= 15 is 0 Å². The minimum atomic E-state index is 0.00914. The van der Waals surface area contributed by atoms with Crippen LogP contribution in [0.25, 0.3) is 0 Å². The molecule has 2 aliphatic rings. The highest BCUT2D eigenvalue weighted by Crippen LogP contribution is 2.34. The van der Waals surface area contributed by atoms with Crippen molar-refractivity contribution in [3.8, 4) is 6.07 Å². The first-order valence-electron chi connectivity index (χ1n) is 9.16. The lowest BCUT2D eigenvalue weighted by Gasteiger charge is -2.48. The first-order valence-corrected chi connectivity index (χ1v) is 9.16. The Morgan fingerprint density at radius 2 is 1.81 bits per heavy atom. The quantitative estimate of drug-likeness (QED) is 0.796. The zero-order valence-corrected chi connectivity index (χ0v) is 14.7. The monoisotopic (exact) mass is 346 g/mol. The van der Waals surface area contributed by atoms with Crippen LogP contribution < -0.4 is 0 Å². The molecular weight excluding hydrogens is 324 g/mol. The summed E-state index contributed by atoms with van der Waals surface area (Å²) in [6, 6.07) is 20.2. The van der Waals surface area contributed by atoms with E-state index in [-0.39, 0.29) is 23.8 Å². The van der Waals surface area contributed by atoms with Crippen molar-refractivity contribution in [1.29, 1.82) is 5.26 Å². The van der Waals surface area contributed by atoms with Gasteiger partial charge in [0, 0.05) is 30.1 Å². The van der Waals surface area contributed by atoms with Crippen molar-refractivity contribution in [2.45, 2.75) is 31.5 Å². The number of benzene rings is 2. The number of carbonyl (C=O) groups excluding carboxylic acids is 1. The minimum Gasteiger partial charge on any atom is -0.378 e. The van der Waals surface area contributed by atoms with Gasteiger partial charge in [-0.05, 0) is 30.5 Å². The van der Waals surface area contributed by atoms with Crippen LogP contribution in [0.5, 0.6) is 0 Å². The molecule has 2 heterocycles. The minimum absolute atomic E-state index is 0.00914. The van der Waals surface area contributed by atoms with Crippen molar-refractivity contribution in [3.63, 3.8) is 0 Å². The fourth-order valence-corrected chi connectivity index (χ4v) is 4.23. The van der Waals surface area contributed by atoms with E-state index in [0.717, 1.165) is 19.4 Å². The maximum atomic E-state index is 13.0. The van der Waals surface area contributed by atoms with Crippen molar-refractivity contribution in [2.75, 3.05) is 13.2 Å². The number of nitriles is 1. The largest absolute Gasteiger partial charge is 0.378 e. The average Bonchev–Trinajstić information content (AvgIpc) is 2.68. The smallest absolute Gasteiger partial charge is 0.166 e. The van der Waals surface area contributed by atoms with Crippen LogP contribution in [0.2, 0.25) is 0 Å². The molecule has 0 amide bonds. The van der Waals surface area contributed by atoms with Gasteiger partial charge in [0.25, 0.3) is 0 Å². The molecule has 132 valence electrons. The van der Waals surface area contributed by atoms with Gasteiger partial charge < -0.3 is 4.74 Å². The summed E-state index contributed by atoms with van der Waals surface area (Å²) < 4.78 is 5.78. The van der Waals surface area contributed by atoms with E-state index in [1.165, 1.54) is 5.56 Å². The number of fused-ring (bicyclic) bond motifs is 2. The molecule has 2 aromatic carbocycles. The molecule has 2 aromatic rings. The van der Waals surface area contributed by atoms with Gasteiger partial charge in [-0.3, -0.25) is 9.69 Å². The molecule has 2 unspecified atom stereocenters. The summed E-state index contributed by atoms with van der Waals surface area (Å²) in [6.07, 6.45) is 1.64. The number of carbonyl (C=O) groups is 1. The lowest BCUT2D eigenvalue weighted by molar-refractivity contribution is -0.0872. The van der Waals surface area contributed by atoms with E-state index in [4.69, 9.17) is 10.00 Å². The van der Waals surface area contributed by atoms with Crippen LogP contribution in [0.3, 0.4) is 0 Å². The van der Waals surface area contributed by atoms with Crippen LogP contribution in [-0.4, -0.2) is 36.0 Å². The normalized spacial score (nSPS) is 25.4. The van der Waals surface area contributed by atoms with Crippen molar-refractivity contribution in [1.82, 2.24) is 4.90 Å². The predicted octanol–water partition coefficient (Wildman–Crippen LogP) is 3.42. The molecule has 2 saturated heterocycles. The molecule has 0 saturated carbocycles. The maximum absolute atomic E-state index is 13.0. The highest BCUT2D eigenvalue weighted by molar-refractivity contribution is 5.98.